The lowest BCUT2D eigenvalue weighted by Crippen LogP contribution is -2.53. The lowest BCUT2D eigenvalue weighted by atomic mass is 9.74. The van der Waals surface area contributed by atoms with E-state index in [4.69, 9.17) is 0 Å². The average molecular weight is 279 g/mol. The van der Waals surface area contributed by atoms with Crippen molar-refractivity contribution in [3.63, 3.8) is 0 Å². The van der Waals surface area contributed by atoms with Gasteiger partial charge < -0.3 is 10.6 Å². The zero-order chi connectivity index (χ0) is 15.4. The maximum absolute atomic E-state index is 12.3. The van der Waals surface area contributed by atoms with E-state index in [1.807, 2.05) is 20.8 Å². The van der Waals surface area contributed by atoms with Gasteiger partial charge in [-0.2, -0.15) is 5.26 Å². The molecule has 0 spiro atoms. The van der Waals surface area contributed by atoms with E-state index < -0.39 is 11.5 Å². The van der Waals surface area contributed by atoms with Crippen molar-refractivity contribution in [3.05, 3.63) is 0 Å². The van der Waals surface area contributed by atoms with Crippen LogP contribution in [-0.2, 0) is 9.59 Å². The van der Waals surface area contributed by atoms with Crippen molar-refractivity contribution < 1.29 is 9.59 Å². The highest BCUT2D eigenvalue weighted by Gasteiger charge is 2.40. The zero-order valence-corrected chi connectivity index (χ0v) is 12.9. The maximum atomic E-state index is 12.3. The fraction of sp³-hybridized carbons (Fsp3) is 0.800. The second kappa shape index (κ2) is 6.25. The molecule has 5 heteroatoms. The van der Waals surface area contributed by atoms with Crippen LogP contribution in [0.1, 0.15) is 59.8 Å². The van der Waals surface area contributed by atoms with E-state index >= 15 is 0 Å². The molecular formula is C15H25N3O2. The number of hydrogen-bond acceptors (Lipinski definition) is 3. The molecule has 1 saturated carbocycles. The van der Waals surface area contributed by atoms with Gasteiger partial charge in [0.25, 0.3) is 0 Å². The molecule has 20 heavy (non-hydrogen) atoms. The number of rotatable bonds is 3. The number of nitrogens with one attached hydrogen (secondary N) is 2. The van der Waals surface area contributed by atoms with Gasteiger partial charge in [0.1, 0.15) is 11.5 Å². The van der Waals surface area contributed by atoms with Gasteiger partial charge in [0.05, 0.1) is 6.07 Å². The monoisotopic (exact) mass is 279 g/mol. The molecular weight excluding hydrogens is 254 g/mol. The van der Waals surface area contributed by atoms with Crippen LogP contribution in [0.5, 0.6) is 0 Å². The molecule has 5 nitrogen and oxygen atoms in total. The third-order valence-corrected chi connectivity index (χ3v) is 3.59. The molecule has 1 aliphatic rings. The summed E-state index contributed by atoms with van der Waals surface area (Å²) in [6, 6.07) is 1.54. The number of carbonyl (C=O) groups excluding carboxylic acids is 2. The quantitative estimate of drug-likeness (QED) is 0.827. The van der Waals surface area contributed by atoms with Crippen molar-refractivity contribution in [1.29, 1.82) is 5.26 Å². The molecule has 1 fully saturated rings. The Labute approximate surface area is 121 Å². The van der Waals surface area contributed by atoms with E-state index in [1.165, 1.54) is 0 Å². The molecule has 2 amide bonds. The van der Waals surface area contributed by atoms with E-state index in [1.54, 1.807) is 6.92 Å². The first-order valence-corrected chi connectivity index (χ1v) is 7.24. The molecule has 0 aromatic heterocycles. The summed E-state index contributed by atoms with van der Waals surface area (Å²) in [6.07, 6.45) is 4.02. The molecule has 0 saturated heterocycles. The van der Waals surface area contributed by atoms with Gasteiger partial charge in [0.15, 0.2) is 0 Å². The Kier molecular flexibility index (Phi) is 5.15. The van der Waals surface area contributed by atoms with Crippen LogP contribution in [0.15, 0.2) is 0 Å². The first-order valence-electron chi connectivity index (χ1n) is 7.24. The number of amides is 2. The molecule has 0 aromatic carbocycles. The molecule has 112 valence electrons. The largest absolute Gasteiger partial charge is 0.350 e. The summed E-state index contributed by atoms with van der Waals surface area (Å²) >= 11 is 0. The Morgan fingerprint density at radius 2 is 1.75 bits per heavy atom. The number of nitrogens with zero attached hydrogens (tertiary/aromatic N) is 1. The summed E-state index contributed by atoms with van der Waals surface area (Å²) in [5.41, 5.74) is -1.29. The fourth-order valence-electron chi connectivity index (χ4n) is 2.42. The third kappa shape index (κ3) is 4.22. The summed E-state index contributed by atoms with van der Waals surface area (Å²) < 4.78 is 0. The highest BCUT2D eigenvalue weighted by molar-refractivity contribution is 5.91. The van der Waals surface area contributed by atoms with Crippen LogP contribution >= 0.6 is 0 Å². The molecule has 0 aliphatic heterocycles. The molecule has 2 N–H and O–H groups in total. The van der Waals surface area contributed by atoms with Crippen molar-refractivity contribution in [2.75, 3.05) is 0 Å². The Balaban J connectivity index is 2.65. The van der Waals surface area contributed by atoms with Crippen molar-refractivity contribution in [2.24, 2.45) is 5.41 Å². The summed E-state index contributed by atoms with van der Waals surface area (Å²) in [6.45, 7) is 7.30. The Morgan fingerprint density at radius 3 is 2.20 bits per heavy atom. The lowest BCUT2D eigenvalue weighted by molar-refractivity contribution is -0.134. The lowest BCUT2D eigenvalue weighted by Gasteiger charge is -2.31. The van der Waals surface area contributed by atoms with E-state index in [0.717, 1.165) is 19.3 Å². The van der Waals surface area contributed by atoms with Gasteiger partial charge in [0.2, 0.25) is 11.8 Å². The number of carbonyl (C=O) groups is 2. The van der Waals surface area contributed by atoms with E-state index in [9.17, 15) is 14.9 Å². The van der Waals surface area contributed by atoms with Gasteiger partial charge in [-0.3, -0.25) is 9.59 Å². The molecule has 0 aromatic rings. The summed E-state index contributed by atoms with van der Waals surface area (Å²) in [7, 11) is 0. The Bertz CT molecular complexity index is 412. The van der Waals surface area contributed by atoms with Crippen molar-refractivity contribution in [1.82, 2.24) is 10.6 Å². The van der Waals surface area contributed by atoms with Crippen LogP contribution < -0.4 is 10.6 Å². The smallest absolute Gasteiger partial charge is 0.242 e. The first-order chi connectivity index (χ1) is 9.20. The van der Waals surface area contributed by atoms with Crippen LogP contribution in [0.2, 0.25) is 0 Å². The minimum absolute atomic E-state index is 0.227. The minimum Gasteiger partial charge on any atom is -0.350 e. The van der Waals surface area contributed by atoms with Gasteiger partial charge in [-0.15, -0.1) is 0 Å². The van der Waals surface area contributed by atoms with E-state index in [-0.39, 0.29) is 17.4 Å². The summed E-state index contributed by atoms with van der Waals surface area (Å²) in [5, 5.41) is 14.8. The maximum Gasteiger partial charge on any atom is 0.242 e. The van der Waals surface area contributed by atoms with Gasteiger partial charge in [-0.05, 0) is 40.5 Å². The van der Waals surface area contributed by atoms with Crippen LogP contribution in [0.3, 0.4) is 0 Å². The van der Waals surface area contributed by atoms with Gasteiger partial charge in [-0.1, -0.05) is 19.3 Å². The summed E-state index contributed by atoms with van der Waals surface area (Å²) in [4.78, 5) is 24.3. The normalized spacial score (nSPS) is 19.6. The zero-order valence-electron chi connectivity index (χ0n) is 12.9. The summed E-state index contributed by atoms with van der Waals surface area (Å²) in [5.74, 6) is -0.536. The predicted octanol–water partition coefficient (Wildman–Crippen LogP) is 1.88. The Hall–Kier alpha value is -1.57. The van der Waals surface area contributed by atoms with Gasteiger partial charge in [-0.25, -0.2) is 0 Å². The Morgan fingerprint density at radius 1 is 1.20 bits per heavy atom. The standard InChI is InChI=1S/C15H25N3O2/c1-11(12(19)18-14(2,3)4)17-13(20)15(10-16)8-6-5-7-9-15/h11H,5-9H2,1-4H3,(H,17,20)(H,18,19). The molecule has 1 unspecified atom stereocenters. The SMILES string of the molecule is CC(NC(=O)C1(C#N)CCCCC1)C(=O)NC(C)(C)C. The first kappa shape index (κ1) is 16.5. The highest BCUT2D eigenvalue weighted by atomic mass is 16.2. The third-order valence-electron chi connectivity index (χ3n) is 3.59. The van der Waals surface area contributed by atoms with Crippen LogP contribution in [0.4, 0.5) is 0 Å². The van der Waals surface area contributed by atoms with Crippen molar-refractivity contribution in [2.45, 2.75) is 71.4 Å². The van der Waals surface area contributed by atoms with Crippen molar-refractivity contribution in [3.8, 4) is 6.07 Å². The van der Waals surface area contributed by atoms with Crippen molar-refractivity contribution >= 4 is 11.8 Å². The number of nitriles is 1. The van der Waals surface area contributed by atoms with Crippen LogP contribution in [0.25, 0.3) is 0 Å². The fourth-order valence-corrected chi connectivity index (χ4v) is 2.42. The minimum atomic E-state index is -0.950. The van der Waals surface area contributed by atoms with E-state index in [2.05, 4.69) is 16.7 Å². The van der Waals surface area contributed by atoms with Gasteiger partial charge in [0, 0.05) is 5.54 Å². The second-order valence-electron chi connectivity index (χ2n) is 6.69. The average Bonchev–Trinajstić information content (AvgIpc) is 2.37. The molecule has 0 heterocycles. The van der Waals surface area contributed by atoms with Crippen LogP contribution in [0, 0.1) is 16.7 Å². The second-order valence-corrected chi connectivity index (χ2v) is 6.69. The van der Waals surface area contributed by atoms with Gasteiger partial charge >= 0.3 is 0 Å². The molecule has 0 bridgehead atoms. The molecule has 1 rings (SSSR count). The molecule has 1 aliphatic carbocycles. The molecule has 0 radical (unpaired) electrons. The molecule has 1 atom stereocenters. The van der Waals surface area contributed by atoms with Crippen LogP contribution in [-0.4, -0.2) is 23.4 Å². The highest BCUT2D eigenvalue weighted by Crippen LogP contribution is 2.35. The topological polar surface area (TPSA) is 82.0 Å². The number of hydrogen-bond donors (Lipinski definition) is 2. The van der Waals surface area contributed by atoms with E-state index in [0.29, 0.717) is 12.8 Å². The predicted molar refractivity (Wildman–Crippen MR) is 76.6 cm³/mol.